The van der Waals surface area contributed by atoms with Crippen LogP contribution in [0.15, 0.2) is 0 Å². The zero-order valence-corrected chi connectivity index (χ0v) is 11.2. The first kappa shape index (κ1) is 18.7. The smallest absolute Gasteiger partial charge is 0.166 e. The van der Waals surface area contributed by atoms with Gasteiger partial charge in [0.1, 0.15) is 6.29 Å². The molecule has 2 nitrogen and oxygen atoms in total. The Morgan fingerprint density at radius 1 is 1.42 bits per heavy atom. The highest BCUT2D eigenvalue weighted by Crippen LogP contribution is 1.93. The molecule has 1 unspecified atom stereocenters. The fraction of sp³-hybridized carbons (Fsp3) is 1.00. The lowest BCUT2D eigenvalue weighted by molar-refractivity contribution is -0.0604. The standard InChI is InChI=1S/C6H15ClO2Si.2ClH/c1-3-8-6(2)9-10-5-4-7;;/h6H,3-5,10H2,1-2H3;2*1H. The Kier molecular flexibility index (Phi) is 22.7. The van der Waals surface area contributed by atoms with Gasteiger partial charge in [-0.2, -0.15) is 0 Å². The summed E-state index contributed by atoms with van der Waals surface area (Å²) in [5, 5.41) is 0. The van der Waals surface area contributed by atoms with Gasteiger partial charge in [0.05, 0.1) is 0 Å². The molecule has 0 amide bonds. The van der Waals surface area contributed by atoms with Gasteiger partial charge in [-0.25, -0.2) is 0 Å². The molecule has 0 aliphatic heterocycles. The molecule has 0 saturated heterocycles. The first-order valence-corrected chi connectivity index (χ1v) is 5.71. The predicted molar refractivity (Wildman–Crippen MR) is 60.7 cm³/mol. The lowest BCUT2D eigenvalue weighted by Gasteiger charge is -2.11. The van der Waals surface area contributed by atoms with Crippen LogP contribution in [0.2, 0.25) is 6.04 Å². The van der Waals surface area contributed by atoms with E-state index >= 15 is 0 Å². The normalized spacial score (nSPS) is 12.2. The van der Waals surface area contributed by atoms with E-state index in [1.54, 1.807) is 0 Å². The van der Waals surface area contributed by atoms with Gasteiger partial charge < -0.3 is 9.16 Å². The van der Waals surface area contributed by atoms with Gasteiger partial charge in [-0.15, -0.1) is 36.4 Å². The van der Waals surface area contributed by atoms with Crippen LogP contribution in [0.1, 0.15) is 13.8 Å². The topological polar surface area (TPSA) is 18.5 Å². The summed E-state index contributed by atoms with van der Waals surface area (Å²) in [7, 11) is -0.413. The van der Waals surface area contributed by atoms with Gasteiger partial charge in [0.2, 0.25) is 0 Å². The van der Waals surface area contributed by atoms with Crippen LogP contribution in [0.25, 0.3) is 0 Å². The maximum absolute atomic E-state index is 5.48. The molecule has 0 aromatic heterocycles. The molecule has 78 valence electrons. The first-order chi connectivity index (χ1) is 4.81. The highest BCUT2D eigenvalue weighted by atomic mass is 35.5. The highest BCUT2D eigenvalue weighted by Gasteiger charge is 1.98. The van der Waals surface area contributed by atoms with Crippen molar-refractivity contribution in [3.63, 3.8) is 0 Å². The van der Waals surface area contributed by atoms with E-state index in [0.29, 0.717) is 5.88 Å². The molecule has 0 aromatic carbocycles. The van der Waals surface area contributed by atoms with Crippen molar-refractivity contribution in [3.8, 4) is 0 Å². The van der Waals surface area contributed by atoms with E-state index in [-0.39, 0.29) is 31.1 Å². The SMILES string of the molecule is CCOC(C)O[SiH2]CCCl.Cl.Cl. The molecule has 0 N–H and O–H groups in total. The Balaban J connectivity index is -0.000000405. The minimum Gasteiger partial charge on any atom is -0.400 e. The van der Waals surface area contributed by atoms with Gasteiger partial charge in [-0.3, -0.25) is 0 Å². The lowest BCUT2D eigenvalue weighted by atomic mass is 10.7. The van der Waals surface area contributed by atoms with Crippen LogP contribution in [0.4, 0.5) is 0 Å². The molecule has 0 bridgehead atoms. The molecule has 0 aliphatic rings. The summed E-state index contributed by atoms with van der Waals surface area (Å²) >= 11 is 5.48. The molecule has 0 fully saturated rings. The summed E-state index contributed by atoms with van der Waals surface area (Å²) in [5.74, 6) is 0.713. The molecule has 0 radical (unpaired) electrons. The van der Waals surface area contributed by atoms with E-state index in [1.807, 2.05) is 13.8 Å². The molecule has 6 heteroatoms. The Labute approximate surface area is 94.1 Å². The number of hydrogen-bond donors (Lipinski definition) is 0. The molecule has 0 rings (SSSR count). The summed E-state index contributed by atoms with van der Waals surface area (Å²) in [6.45, 7) is 4.60. The number of hydrogen-bond acceptors (Lipinski definition) is 2. The zero-order chi connectivity index (χ0) is 7.82. The second-order valence-corrected chi connectivity index (χ2v) is 3.76. The van der Waals surface area contributed by atoms with E-state index in [2.05, 4.69) is 0 Å². The van der Waals surface area contributed by atoms with Crippen molar-refractivity contribution in [1.82, 2.24) is 0 Å². The lowest BCUT2D eigenvalue weighted by Crippen LogP contribution is -2.15. The quantitative estimate of drug-likeness (QED) is 0.313. The molecule has 0 heterocycles. The van der Waals surface area contributed by atoms with Crippen LogP contribution in [-0.4, -0.2) is 28.5 Å². The minimum atomic E-state index is -0.413. The second-order valence-electron chi connectivity index (χ2n) is 1.94. The molecule has 12 heavy (non-hydrogen) atoms. The molecule has 0 aliphatic carbocycles. The molecule has 1 atom stereocenters. The van der Waals surface area contributed by atoms with Crippen molar-refractivity contribution in [2.45, 2.75) is 26.2 Å². The summed E-state index contributed by atoms with van der Waals surface area (Å²) < 4.78 is 10.5. The van der Waals surface area contributed by atoms with Crippen LogP contribution in [-0.2, 0) is 9.16 Å². The van der Waals surface area contributed by atoms with E-state index in [9.17, 15) is 0 Å². The van der Waals surface area contributed by atoms with Gasteiger partial charge in [0.15, 0.2) is 9.76 Å². The van der Waals surface area contributed by atoms with Gasteiger partial charge in [0.25, 0.3) is 0 Å². The maximum Gasteiger partial charge on any atom is 0.166 e. The summed E-state index contributed by atoms with van der Waals surface area (Å²) in [4.78, 5) is 0. The Morgan fingerprint density at radius 2 is 2.00 bits per heavy atom. The summed E-state index contributed by atoms with van der Waals surface area (Å²) in [6.07, 6.45) is -0.0279. The highest BCUT2D eigenvalue weighted by molar-refractivity contribution is 6.31. The average molecular weight is 256 g/mol. The number of halogens is 3. The molecular weight excluding hydrogens is 239 g/mol. The van der Waals surface area contributed by atoms with E-state index in [1.165, 1.54) is 0 Å². The average Bonchev–Trinajstić information content (AvgIpc) is 1.89. The summed E-state index contributed by atoms with van der Waals surface area (Å²) in [5.41, 5.74) is 0. The Morgan fingerprint density at radius 3 is 2.42 bits per heavy atom. The number of alkyl halides is 1. The van der Waals surface area contributed by atoms with E-state index < -0.39 is 9.76 Å². The maximum atomic E-state index is 5.48. The van der Waals surface area contributed by atoms with Crippen LogP contribution in [0.5, 0.6) is 0 Å². The monoisotopic (exact) mass is 254 g/mol. The Hall–Kier alpha value is 1.01. The van der Waals surface area contributed by atoms with E-state index in [0.717, 1.165) is 12.7 Å². The predicted octanol–water partition coefficient (Wildman–Crippen LogP) is 1.97. The molecular formula is C6H17Cl3O2Si. The third kappa shape index (κ3) is 13.6. The van der Waals surface area contributed by atoms with Gasteiger partial charge in [0, 0.05) is 12.5 Å². The second kappa shape index (κ2) is 14.5. The van der Waals surface area contributed by atoms with Crippen molar-refractivity contribution in [2.24, 2.45) is 0 Å². The largest absolute Gasteiger partial charge is 0.400 e. The van der Waals surface area contributed by atoms with Crippen molar-refractivity contribution in [2.75, 3.05) is 12.5 Å². The Bertz CT molecular complexity index is 77.8. The van der Waals surface area contributed by atoms with Crippen molar-refractivity contribution < 1.29 is 9.16 Å². The van der Waals surface area contributed by atoms with Crippen LogP contribution < -0.4 is 0 Å². The fourth-order valence-corrected chi connectivity index (χ4v) is 1.62. The van der Waals surface area contributed by atoms with Gasteiger partial charge >= 0.3 is 0 Å². The van der Waals surface area contributed by atoms with Crippen LogP contribution in [0, 0.1) is 0 Å². The van der Waals surface area contributed by atoms with Crippen molar-refractivity contribution in [1.29, 1.82) is 0 Å². The molecule has 0 spiro atoms. The number of ether oxygens (including phenoxy) is 1. The van der Waals surface area contributed by atoms with Crippen LogP contribution in [0.3, 0.4) is 0 Å². The minimum absolute atomic E-state index is 0. The van der Waals surface area contributed by atoms with Crippen molar-refractivity contribution >= 4 is 46.2 Å². The third-order valence-electron chi connectivity index (χ3n) is 1.03. The van der Waals surface area contributed by atoms with Crippen LogP contribution >= 0.6 is 36.4 Å². The van der Waals surface area contributed by atoms with Gasteiger partial charge in [-0.05, 0) is 19.9 Å². The number of rotatable bonds is 6. The summed E-state index contributed by atoms with van der Waals surface area (Å²) in [6, 6.07) is 1.03. The van der Waals surface area contributed by atoms with Gasteiger partial charge in [-0.1, -0.05) is 0 Å². The molecule has 0 aromatic rings. The molecule has 0 saturated carbocycles. The first-order valence-electron chi connectivity index (χ1n) is 3.60. The zero-order valence-electron chi connectivity index (χ0n) is 7.42. The third-order valence-corrected chi connectivity index (χ3v) is 3.09. The fourth-order valence-electron chi connectivity index (χ4n) is 0.587. The van der Waals surface area contributed by atoms with E-state index in [4.69, 9.17) is 20.8 Å². The van der Waals surface area contributed by atoms with Crippen molar-refractivity contribution in [3.05, 3.63) is 0 Å².